The zero-order chi connectivity index (χ0) is 24.3. The largest absolute Gasteiger partial charge is 0.465 e. The van der Waals surface area contributed by atoms with Crippen molar-refractivity contribution in [3.05, 3.63) is 48.2 Å². The van der Waals surface area contributed by atoms with E-state index in [9.17, 15) is 9.59 Å². The molecule has 1 aromatic carbocycles. The highest BCUT2D eigenvalue weighted by molar-refractivity contribution is 5.97. The summed E-state index contributed by atoms with van der Waals surface area (Å²) in [5, 5.41) is 3.47. The minimum atomic E-state index is -0.594. The number of esters is 1. The molecule has 8 nitrogen and oxygen atoms in total. The first-order valence-electron chi connectivity index (χ1n) is 10.7. The molecule has 0 unspecified atom stereocenters. The normalized spacial score (nSPS) is 11.4. The number of pyridine rings is 2. The first-order valence-corrected chi connectivity index (χ1v) is 10.7. The lowest BCUT2D eigenvalue weighted by atomic mass is 10.1. The number of carbonyl (C=O) groups is 2. The second kappa shape index (κ2) is 9.44. The van der Waals surface area contributed by atoms with E-state index < -0.39 is 17.7 Å². The topological polar surface area (TPSA) is 93.6 Å². The summed E-state index contributed by atoms with van der Waals surface area (Å²) in [4.78, 5) is 35.3. The molecule has 0 saturated heterocycles. The van der Waals surface area contributed by atoms with Crippen molar-refractivity contribution in [3.8, 4) is 11.3 Å². The molecule has 2 aromatic heterocycles. The zero-order valence-electron chi connectivity index (χ0n) is 20.1. The van der Waals surface area contributed by atoms with Crippen molar-refractivity contribution in [2.75, 3.05) is 24.4 Å². The fourth-order valence-electron chi connectivity index (χ4n) is 3.19. The predicted molar refractivity (Wildman–Crippen MR) is 130 cm³/mol. The van der Waals surface area contributed by atoms with Crippen molar-refractivity contribution in [3.63, 3.8) is 0 Å². The van der Waals surface area contributed by atoms with Gasteiger partial charge in [0.05, 0.1) is 29.6 Å². The molecule has 1 amide bonds. The summed E-state index contributed by atoms with van der Waals surface area (Å²) in [7, 11) is 3.35. The van der Waals surface area contributed by atoms with E-state index in [2.05, 4.69) is 29.0 Å². The minimum Gasteiger partial charge on any atom is -0.465 e. The number of benzene rings is 1. The molecule has 0 aliphatic rings. The third-order valence-electron chi connectivity index (χ3n) is 5.04. The molecular weight excluding hydrogens is 420 g/mol. The lowest BCUT2D eigenvalue weighted by Gasteiger charge is -2.26. The van der Waals surface area contributed by atoms with Crippen LogP contribution < -0.4 is 10.2 Å². The Morgan fingerprint density at radius 2 is 1.82 bits per heavy atom. The Morgan fingerprint density at radius 3 is 2.39 bits per heavy atom. The van der Waals surface area contributed by atoms with Gasteiger partial charge < -0.3 is 14.4 Å². The number of aromatic nitrogens is 2. The van der Waals surface area contributed by atoms with E-state index in [0.717, 1.165) is 27.8 Å². The number of hydrogen-bond acceptors (Lipinski definition) is 7. The Balaban J connectivity index is 2.01. The van der Waals surface area contributed by atoms with Crippen molar-refractivity contribution in [1.82, 2.24) is 9.97 Å². The van der Waals surface area contributed by atoms with Crippen molar-refractivity contribution in [2.45, 2.75) is 46.3 Å². The second-order valence-corrected chi connectivity index (χ2v) is 9.02. The molecule has 0 bridgehead atoms. The van der Waals surface area contributed by atoms with Crippen LogP contribution in [-0.2, 0) is 9.47 Å². The molecular formula is C25H30N4O4. The summed E-state index contributed by atoms with van der Waals surface area (Å²) in [5.41, 5.74) is 3.07. The number of carbonyl (C=O) groups excluding carboxylic acids is 2. The molecule has 0 saturated carbocycles. The third kappa shape index (κ3) is 5.77. The summed E-state index contributed by atoms with van der Waals surface area (Å²) in [6.07, 6.45) is 1.11. The van der Waals surface area contributed by atoms with E-state index >= 15 is 0 Å². The maximum absolute atomic E-state index is 12.0. The first-order chi connectivity index (χ1) is 15.5. The lowest BCUT2D eigenvalue weighted by molar-refractivity contribution is 0.0598. The first kappa shape index (κ1) is 24.0. The van der Waals surface area contributed by atoms with Gasteiger partial charge in [-0.2, -0.15) is 0 Å². The van der Waals surface area contributed by atoms with E-state index in [1.807, 2.05) is 19.2 Å². The third-order valence-corrected chi connectivity index (χ3v) is 5.04. The van der Waals surface area contributed by atoms with Crippen molar-refractivity contribution < 1.29 is 19.1 Å². The summed E-state index contributed by atoms with van der Waals surface area (Å²) >= 11 is 0. The van der Waals surface area contributed by atoms with E-state index in [4.69, 9.17) is 14.5 Å². The van der Waals surface area contributed by atoms with Crippen molar-refractivity contribution >= 4 is 34.5 Å². The maximum Gasteiger partial charge on any atom is 0.413 e. The quantitative estimate of drug-likeness (QED) is 0.529. The van der Waals surface area contributed by atoms with Gasteiger partial charge in [-0.25, -0.2) is 19.6 Å². The average molecular weight is 451 g/mol. The number of hydrogen-bond donors (Lipinski definition) is 1. The Bertz CT molecular complexity index is 1170. The van der Waals surface area contributed by atoms with E-state index in [1.165, 1.54) is 7.11 Å². The van der Waals surface area contributed by atoms with Crippen LogP contribution in [0.4, 0.5) is 16.3 Å². The number of amides is 1. The van der Waals surface area contributed by atoms with Gasteiger partial charge in [0.25, 0.3) is 0 Å². The van der Waals surface area contributed by atoms with E-state index in [0.29, 0.717) is 11.4 Å². The maximum atomic E-state index is 12.0. The van der Waals surface area contributed by atoms with Crippen LogP contribution in [0.3, 0.4) is 0 Å². The van der Waals surface area contributed by atoms with Crippen LogP contribution in [0.1, 0.15) is 45.0 Å². The van der Waals surface area contributed by atoms with Gasteiger partial charge in [0.15, 0.2) is 0 Å². The van der Waals surface area contributed by atoms with Crippen LogP contribution in [0, 0.1) is 0 Å². The van der Waals surface area contributed by atoms with Crippen LogP contribution in [-0.4, -0.2) is 47.8 Å². The lowest BCUT2D eigenvalue weighted by Crippen LogP contribution is -2.27. The number of rotatable bonds is 5. The molecule has 0 atom stereocenters. The molecule has 0 aliphatic carbocycles. The molecule has 8 heteroatoms. The van der Waals surface area contributed by atoms with Gasteiger partial charge in [-0.1, -0.05) is 0 Å². The fourth-order valence-corrected chi connectivity index (χ4v) is 3.19. The summed E-state index contributed by atoms with van der Waals surface area (Å²) in [6, 6.07) is 11.1. The number of ether oxygens (including phenoxy) is 2. The van der Waals surface area contributed by atoms with Crippen LogP contribution >= 0.6 is 0 Å². The molecule has 3 rings (SSSR count). The molecule has 0 fully saturated rings. The van der Waals surface area contributed by atoms with Gasteiger partial charge in [0.1, 0.15) is 11.4 Å². The van der Waals surface area contributed by atoms with Gasteiger partial charge in [-0.15, -0.1) is 0 Å². The summed E-state index contributed by atoms with van der Waals surface area (Å²) in [6.45, 7) is 9.58. The highest BCUT2D eigenvalue weighted by Gasteiger charge is 2.18. The smallest absolute Gasteiger partial charge is 0.413 e. The van der Waals surface area contributed by atoms with Gasteiger partial charge in [0.2, 0.25) is 0 Å². The fraction of sp³-hybridized carbons (Fsp3) is 0.360. The number of anilines is 2. The predicted octanol–water partition coefficient (Wildman–Crippen LogP) is 5.28. The van der Waals surface area contributed by atoms with Gasteiger partial charge in [-0.05, 0) is 71.0 Å². The Labute approximate surface area is 193 Å². The van der Waals surface area contributed by atoms with Gasteiger partial charge in [0, 0.05) is 30.2 Å². The molecule has 33 heavy (non-hydrogen) atoms. The van der Waals surface area contributed by atoms with Gasteiger partial charge in [-0.3, -0.25) is 5.32 Å². The molecule has 2 heterocycles. The number of methoxy groups -OCH3 is 1. The van der Waals surface area contributed by atoms with Crippen LogP contribution in [0.5, 0.6) is 0 Å². The van der Waals surface area contributed by atoms with Crippen molar-refractivity contribution in [1.29, 1.82) is 0 Å². The summed E-state index contributed by atoms with van der Waals surface area (Å²) < 4.78 is 10.1. The highest BCUT2D eigenvalue weighted by Crippen LogP contribution is 2.33. The number of nitrogens with zero attached hydrogens (tertiary/aromatic N) is 3. The number of fused-ring (bicyclic) bond motifs is 1. The van der Waals surface area contributed by atoms with E-state index in [1.54, 1.807) is 51.2 Å². The molecule has 1 N–H and O–H groups in total. The van der Waals surface area contributed by atoms with Crippen molar-refractivity contribution in [2.24, 2.45) is 0 Å². The molecule has 174 valence electrons. The molecule has 0 spiro atoms. The standard InChI is InChI=1S/C25H30N4O4/c1-15(2)29(6)20-13-18-12-16(23(30)32-7)8-10-19(18)27-22(20)17-9-11-21(26-14-17)28-24(31)33-25(3,4)5/h8-15H,1-7H3,(H,26,28,31). The number of nitrogens with one attached hydrogen (secondary N) is 1. The van der Waals surface area contributed by atoms with Crippen LogP contribution in [0.25, 0.3) is 22.2 Å². The van der Waals surface area contributed by atoms with E-state index in [-0.39, 0.29) is 6.04 Å². The Morgan fingerprint density at radius 1 is 1.09 bits per heavy atom. The Kier molecular flexibility index (Phi) is 6.86. The Hall–Kier alpha value is -3.68. The highest BCUT2D eigenvalue weighted by atomic mass is 16.6. The SMILES string of the molecule is COC(=O)c1ccc2nc(-c3ccc(NC(=O)OC(C)(C)C)nc3)c(N(C)C(C)C)cc2c1. The zero-order valence-corrected chi connectivity index (χ0v) is 20.1. The second-order valence-electron chi connectivity index (χ2n) is 9.02. The molecule has 3 aromatic rings. The average Bonchev–Trinajstić information content (AvgIpc) is 2.75. The van der Waals surface area contributed by atoms with Gasteiger partial charge >= 0.3 is 12.1 Å². The van der Waals surface area contributed by atoms with Crippen LogP contribution in [0.2, 0.25) is 0 Å². The minimum absolute atomic E-state index is 0.216. The molecule has 0 radical (unpaired) electrons. The van der Waals surface area contributed by atoms with Crippen LogP contribution in [0.15, 0.2) is 42.6 Å². The molecule has 0 aliphatic heterocycles. The monoisotopic (exact) mass is 450 g/mol. The summed E-state index contributed by atoms with van der Waals surface area (Å²) in [5.74, 6) is -0.00714.